The van der Waals surface area contributed by atoms with E-state index in [0.717, 1.165) is 4.31 Å². The van der Waals surface area contributed by atoms with Crippen molar-refractivity contribution < 1.29 is 28.2 Å². The van der Waals surface area contributed by atoms with Gasteiger partial charge in [0.05, 0.1) is 13.2 Å². The molecule has 2 N–H and O–H groups in total. The molecule has 1 heterocycles. The lowest BCUT2D eigenvalue weighted by atomic mass is 10.2. The van der Waals surface area contributed by atoms with Crippen molar-refractivity contribution in [2.45, 2.75) is 23.5 Å². The number of rotatable bonds is 4. The highest BCUT2D eigenvalue weighted by molar-refractivity contribution is 9.10. The van der Waals surface area contributed by atoms with Gasteiger partial charge < -0.3 is 14.9 Å². The second-order valence-corrected chi connectivity index (χ2v) is 7.39. The molecule has 1 aromatic rings. The van der Waals surface area contributed by atoms with Crippen molar-refractivity contribution in [3.63, 3.8) is 0 Å². The standard InChI is InChI=1S/C12H14BrNO6S/c1-20-10-3-2-7(13)4-11(10)21(18,19)14-6-8(15)5-9(14)12(16)17/h2-4,8-9,15H,5-6H2,1H3,(H,16,17). The number of halogens is 1. The monoisotopic (exact) mass is 379 g/mol. The number of carboxylic acids is 1. The van der Waals surface area contributed by atoms with Gasteiger partial charge in [-0.3, -0.25) is 4.79 Å². The normalized spacial score (nSPS) is 23.2. The van der Waals surface area contributed by atoms with Crippen LogP contribution in [0.3, 0.4) is 0 Å². The number of aliphatic hydroxyl groups excluding tert-OH is 1. The molecule has 0 spiro atoms. The molecule has 9 heteroatoms. The number of nitrogens with zero attached hydrogens (tertiary/aromatic N) is 1. The van der Waals surface area contributed by atoms with Crippen LogP contribution in [0.1, 0.15) is 6.42 Å². The van der Waals surface area contributed by atoms with Crippen molar-refractivity contribution in [1.29, 1.82) is 0 Å². The summed E-state index contributed by atoms with van der Waals surface area (Å²) in [7, 11) is -2.76. The van der Waals surface area contributed by atoms with E-state index in [0.29, 0.717) is 4.47 Å². The van der Waals surface area contributed by atoms with E-state index in [2.05, 4.69) is 15.9 Å². The molecule has 2 rings (SSSR count). The van der Waals surface area contributed by atoms with E-state index >= 15 is 0 Å². The summed E-state index contributed by atoms with van der Waals surface area (Å²) >= 11 is 3.18. The fraction of sp³-hybridized carbons (Fsp3) is 0.417. The number of aliphatic carboxylic acids is 1. The van der Waals surface area contributed by atoms with Crippen molar-refractivity contribution >= 4 is 31.9 Å². The van der Waals surface area contributed by atoms with Gasteiger partial charge in [-0.1, -0.05) is 15.9 Å². The highest BCUT2D eigenvalue weighted by Gasteiger charge is 2.44. The van der Waals surface area contributed by atoms with Crippen LogP contribution in [0.5, 0.6) is 5.75 Å². The molecular formula is C12H14BrNO6S. The molecule has 1 aromatic carbocycles. The fourth-order valence-electron chi connectivity index (χ4n) is 2.25. The number of hydrogen-bond acceptors (Lipinski definition) is 5. The number of sulfonamides is 1. The Morgan fingerprint density at radius 2 is 2.14 bits per heavy atom. The molecule has 1 aliphatic heterocycles. The van der Waals surface area contributed by atoms with Gasteiger partial charge in [0.15, 0.2) is 0 Å². The zero-order chi connectivity index (χ0) is 15.8. The second-order valence-electron chi connectivity index (χ2n) is 4.61. The summed E-state index contributed by atoms with van der Waals surface area (Å²) < 4.78 is 31.7. The van der Waals surface area contributed by atoms with Crippen LogP contribution in [0.25, 0.3) is 0 Å². The Kier molecular flexibility index (Phi) is 4.57. The Labute approximate surface area is 130 Å². The third-order valence-electron chi connectivity index (χ3n) is 3.23. The number of carbonyl (C=O) groups is 1. The smallest absolute Gasteiger partial charge is 0.322 e. The van der Waals surface area contributed by atoms with Crippen LogP contribution in [0.2, 0.25) is 0 Å². The minimum Gasteiger partial charge on any atom is -0.495 e. The number of hydrogen-bond donors (Lipinski definition) is 2. The number of aliphatic hydroxyl groups is 1. The number of ether oxygens (including phenoxy) is 1. The fourth-order valence-corrected chi connectivity index (χ4v) is 4.58. The third kappa shape index (κ3) is 3.05. The van der Waals surface area contributed by atoms with Crippen molar-refractivity contribution in [3.8, 4) is 5.75 Å². The molecule has 1 saturated heterocycles. The maximum atomic E-state index is 12.7. The Bertz CT molecular complexity index is 662. The summed E-state index contributed by atoms with van der Waals surface area (Å²) in [4.78, 5) is 11.1. The van der Waals surface area contributed by atoms with E-state index in [9.17, 15) is 18.3 Å². The number of methoxy groups -OCH3 is 1. The highest BCUT2D eigenvalue weighted by Crippen LogP contribution is 2.33. The number of β-amino-alcohol motifs (C(OH)–C–C–N with tert-alkyl or cyclic N) is 1. The third-order valence-corrected chi connectivity index (χ3v) is 5.62. The Morgan fingerprint density at radius 1 is 1.48 bits per heavy atom. The molecule has 0 saturated carbocycles. The van der Waals surface area contributed by atoms with Gasteiger partial charge in [0.25, 0.3) is 0 Å². The van der Waals surface area contributed by atoms with E-state index in [4.69, 9.17) is 9.84 Å². The Hall–Kier alpha value is -1.16. The molecule has 2 atom stereocenters. The highest BCUT2D eigenvalue weighted by atomic mass is 79.9. The number of benzene rings is 1. The first kappa shape index (κ1) is 16.2. The predicted octanol–water partition coefficient (Wildman–Crippen LogP) is 0.666. The van der Waals surface area contributed by atoms with Crippen LogP contribution >= 0.6 is 15.9 Å². The maximum absolute atomic E-state index is 12.7. The van der Waals surface area contributed by atoms with Crippen LogP contribution in [-0.2, 0) is 14.8 Å². The van der Waals surface area contributed by atoms with Crippen LogP contribution < -0.4 is 4.74 Å². The van der Waals surface area contributed by atoms with Gasteiger partial charge in [-0.15, -0.1) is 0 Å². The molecular weight excluding hydrogens is 366 g/mol. The SMILES string of the molecule is COc1ccc(Br)cc1S(=O)(=O)N1CC(O)CC1C(=O)O. The Balaban J connectivity index is 2.51. The van der Waals surface area contributed by atoms with Gasteiger partial charge in [0.1, 0.15) is 16.7 Å². The van der Waals surface area contributed by atoms with Gasteiger partial charge >= 0.3 is 5.97 Å². The van der Waals surface area contributed by atoms with Crippen LogP contribution in [-0.4, -0.2) is 54.7 Å². The molecule has 0 amide bonds. The van der Waals surface area contributed by atoms with Gasteiger partial charge in [-0.25, -0.2) is 8.42 Å². The van der Waals surface area contributed by atoms with Crippen LogP contribution in [0.15, 0.2) is 27.6 Å². The van der Waals surface area contributed by atoms with E-state index in [1.54, 1.807) is 6.07 Å². The summed E-state index contributed by atoms with van der Waals surface area (Å²) in [6.07, 6.45) is -1.13. The van der Waals surface area contributed by atoms with Gasteiger partial charge in [-0.2, -0.15) is 4.31 Å². The molecule has 0 aromatic heterocycles. The number of carboxylic acid groups (broad SMARTS) is 1. The average Bonchev–Trinajstić information content (AvgIpc) is 2.82. The van der Waals surface area contributed by atoms with E-state index in [1.807, 2.05) is 0 Å². The van der Waals surface area contributed by atoms with Crippen molar-refractivity contribution in [2.24, 2.45) is 0 Å². The molecule has 1 aliphatic rings. The van der Waals surface area contributed by atoms with E-state index in [-0.39, 0.29) is 23.6 Å². The van der Waals surface area contributed by atoms with Gasteiger partial charge in [-0.05, 0) is 18.2 Å². The van der Waals surface area contributed by atoms with Gasteiger partial charge in [0, 0.05) is 17.4 Å². The lowest BCUT2D eigenvalue weighted by molar-refractivity contribution is -0.140. The maximum Gasteiger partial charge on any atom is 0.322 e. The van der Waals surface area contributed by atoms with E-state index < -0.39 is 28.1 Å². The molecule has 0 radical (unpaired) electrons. The zero-order valence-electron chi connectivity index (χ0n) is 11.1. The first-order chi connectivity index (χ1) is 9.77. The molecule has 21 heavy (non-hydrogen) atoms. The summed E-state index contributed by atoms with van der Waals surface area (Å²) in [5.74, 6) is -1.17. The minimum absolute atomic E-state index is 0.115. The molecule has 1 fully saturated rings. The van der Waals surface area contributed by atoms with Crippen molar-refractivity contribution in [1.82, 2.24) is 4.31 Å². The molecule has 0 bridgehead atoms. The quantitative estimate of drug-likeness (QED) is 0.796. The summed E-state index contributed by atoms with van der Waals surface area (Å²) in [5.41, 5.74) is 0. The van der Waals surface area contributed by atoms with Crippen LogP contribution in [0, 0.1) is 0 Å². The predicted molar refractivity (Wildman–Crippen MR) is 76.6 cm³/mol. The zero-order valence-corrected chi connectivity index (χ0v) is 13.5. The molecule has 2 unspecified atom stereocenters. The Morgan fingerprint density at radius 3 is 2.71 bits per heavy atom. The lowest BCUT2D eigenvalue weighted by Crippen LogP contribution is -2.40. The molecule has 0 aliphatic carbocycles. The largest absolute Gasteiger partial charge is 0.495 e. The molecule has 7 nitrogen and oxygen atoms in total. The lowest BCUT2D eigenvalue weighted by Gasteiger charge is -2.22. The second kappa shape index (κ2) is 5.91. The first-order valence-electron chi connectivity index (χ1n) is 6.03. The van der Waals surface area contributed by atoms with Crippen molar-refractivity contribution in [2.75, 3.05) is 13.7 Å². The average molecular weight is 380 g/mol. The summed E-state index contributed by atoms with van der Waals surface area (Å²) in [6, 6.07) is 3.15. The van der Waals surface area contributed by atoms with Crippen molar-refractivity contribution in [3.05, 3.63) is 22.7 Å². The minimum atomic E-state index is -4.09. The van der Waals surface area contributed by atoms with Gasteiger partial charge in [0.2, 0.25) is 10.0 Å². The summed E-state index contributed by atoms with van der Waals surface area (Å²) in [6.45, 7) is -0.255. The topological polar surface area (TPSA) is 104 Å². The molecule has 116 valence electrons. The van der Waals surface area contributed by atoms with E-state index in [1.165, 1.54) is 19.2 Å². The summed E-state index contributed by atoms with van der Waals surface area (Å²) in [5, 5.41) is 18.7. The first-order valence-corrected chi connectivity index (χ1v) is 8.27. The van der Waals surface area contributed by atoms with Crippen LogP contribution in [0.4, 0.5) is 0 Å².